The normalized spacial score (nSPS) is 24.4. The van der Waals surface area contributed by atoms with Crippen LogP contribution in [0, 0.1) is 0 Å². The highest BCUT2D eigenvalue weighted by Crippen LogP contribution is 2.29. The third-order valence-corrected chi connectivity index (χ3v) is 5.26. The van der Waals surface area contributed by atoms with Crippen molar-refractivity contribution in [3.05, 3.63) is 71.4 Å². The van der Waals surface area contributed by atoms with Crippen LogP contribution in [0.1, 0.15) is 17.4 Å². The SMILES string of the molecule is O=c1[nH]c(=O)n([C@@H]2O[C@H](COCc3ccc(Cl)cc3Cl)[C@@H](O)[C@@H]2O)cc1C=CBr. The molecule has 0 unspecified atom stereocenters. The van der Waals surface area contributed by atoms with Gasteiger partial charge in [-0.2, -0.15) is 0 Å². The molecule has 3 rings (SSSR count). The smallest absolute Gasteiger partial charge is 0.330 e. The Balaban J connectivity index is 1.71. The van der Waals surface area contributed by atoms with Crippen LogP contribution in [0.2, 0.25) is 10.0 Å². The van der Waals surface area contributed by atoms with Gasteiger partial charge >= 0.3 is 5.69 Å². The third-order valence-electron chi connectivity index (χ3n) is 4.40. The Bertz CT molecular complexity index is 1020. The molecule has 4 atom stereocenters. The highest BCUT2D eigenvalue weighted by molar-refractivity contribution is 9.11. The van der Waals surface area contributed by atoms with Gasteiger partial charge in [0.05, 0.1) is 18.8 Å². The predicted octanol–water partition coefficient (Wildman–Crippen LogP) is 2.04. The molecule has 1 aromatic carbocycles. The summed E-state index contributed by atoms with van der Waals surface area (Å²) in [5.41, 5.74) is -0.491. The number of rotatable bonds is 6. The van der Waals surface area contributed by atoms with E-state index in [1.165, 1.54) is 17.3 Å². The molecule has 1 aromatic heterocycles. The molecule has 156 valence electrons. The average molecular weight is 508 g/mol. The predicted molar refractivity (Wildman–Crippen MR) is 111 cm³/mol. The standard InChI is InChI=1S/C18H17BrCl2N2O6/c19-4-3-9-6-23(18(27)22-16(9)26)17-15(25)14(24)13(29-17)8-28-7-10-1-2-11(20)5-12(10)21/h1-6,13-15,17,24-25H,7-8H2,(H,22,26,27)/t13-,14-,15+,17-/m1/s1. The van der Waals surface area contributed by atoms with Gasteiger partial charge in [0.15, 0.2) is 6.23 Å². The zero-order chi connectivity index (χ0) is 21.1. The minimum absolute atomic E-state index is 0.0556. The van der Waals surface area contributed by atoms with E-state index in [4.69, 9.17) is 32.7 Å². The van der Waals surface area contributed by atoms with Crippen molar-refractivity contribution >= 4 is 45.2 Å². The van der Waals surface area contributed by atoms with Crippen LogP contribution in [-0.2, 0) is 16.1 Å². The Morgan fingerprint density at radius 2 is 2.03 bits per heavy atom. The van der Waals surface area contributed by atoms with Gasteiger partial charge in [-0.3, -0.25) is 14.3 Å². The molecule has 0 amide bonds. The van der Waals surface area contributed by atoms with Crippen LogP contribution < -0.4 is 11.2 Å². The lowest BCUT2D eigenvalue weighted by Gasteiger charge is -2.17. The lowest BCUT2D eigenvalue weighted by atomic mass is 10.1. The molecule has 0 saturated carbocycles. The molecule has 1 aliphatic rings. The Hall–Kier alpha value is -1.46. The van der Waals surface area contributed by atoms with Crippen LogP contribution in [0.15, 0.2) is 39.0 Å². The summed E-state index contributed by atoms with van der Waals surface area (Å²) >= 11 is 15.0. The van der Waals surface area contributed by atoms with Gasteiger partial charge in [-0.1, -0.05) is 45.2 Å². The van der Waals surface area contributed by atoms with E-state index in [-0.39, 0.29) is 18.8 Å². The second-order valence-electron chi connectivity index (χ2n) is 6.34. The van der Waals surface area contributed by atoms with E-state index >= 15 is 0 Å². The molecule has 8 nitrogen and oxygen atoms in total. The van der Waals surface area contributed by atoms with Crippen LogP contribution in [-0.4, -0.2) is 44.7 Å². The van der Waals surface area contributed by atoms with E-state index in [0.29, 0.717) is 15.6 Å². The molecule has 0 spiro atoms. The van der Waals surface area contributed by atoms with Crippen molar-refractivity contribution in [2.24, 2.45) is 0 Å². The number of H-pyrrole nitrogens is 1. The molecule has 2 heterocycles. The summed E-state index contributed by atoms with van der Waals surface area (Å²) < 4.78 is 12.2. The lowest BCUT2D eigenvalue weighted by Crippen LogP contribution is -2.38. The van der Waals surface area contributed by atoms with Crippen molar-refractivity contribution in [3.63, 3.8) is 0 Å². The minimum atomic E-state index is -1.40. The van der Waals surface area contributed by atoms with Gasteiger partial charge in [0.2, 0.25) is 0 Å². The number of benzene rings is 1. The van der Waals surface area contributed by atoms with Crippen molar-refractivity contribution in [1.82, 2.24) is 9.55 Å². The summed E-state index contributed by atoms with van der Waals surface area (Å²) in [5.74, 6) is 0. The van der Waals surface area contributed by atoms with E-state index in [1.54, 1.807) is 18.2 Å². The second-order valence-corrected chi connectivity index (χ2v) is 7.71. The van der Waals surface area contributed by atoms with Crippen LogP contribution in [0.3, 0.4) is 0 Å². The van der Waals surface area contributed by atoms with E-state index in [0.717, 1.165) is 4.57 Å². The van der Waals surface area contributed by atoms with E-state index < -0.39 is 35.8 Å². The summed E-state index contributed by atoms with van der Waals surface area (Å²) in [6.07, 6.45) is -2.10. The molecule has 2 aromatic rings. The van der Waals surface area contributed by atoms with Crippen LogP contribution in [0.25, 0.3) is 6.08 Å². The topological polar surface area (TPSA) is 114 Å². The maximum atomic E-state index is 12.1. The highest BCUT2D eigenvalue weighted by Gasteiger charge is 2.44. The van der Waals surface area contributed by atoms with Gasteiger partial charge < -0.3 is 19.7 Å². The van der Waals surface area contributed by atoms with Gasteiger partial charge in [-0.05, 0) is 28.8 Å². The number of hydrogen-bond donors (Lipinski definition) is 3. The van der Waals surface area contributed by atoms with Crippen LogP contribution in [0.4, 0.5) is 0 Å². The number of hydrogen-bond acceptors (Lipinski definition) is 6. The fourth-order valence-corrected chi connectivity index (χ4v) is 3.64. The van der Waals surface area contributed by atoms with E-state index in [9.17, 15) is 19.8 Å². The molecule has 1 aliphatic heterocycles. The fraction of sp³-hybridized carbons (Fsp3) is 0.333. The highest BCUT2D eigenvalue weighted by atomic mass is 79.9. The molecule has 1 saturated heterocycles. The number of aromatic nitrogens is 2. The number of nitrogens with zero attached hydrogens (tertiary/aromatic N) is 1. The molecule has 3 N–H and O–H groups in total. The first kappa shape index (κ1) is 22.2. The first-order chi connectivity index (χ1) is 13.8. The van der Waals surface area contributed by atoms with Gasteiger partial charge in [-0.25, -0.2) is 4.79 Å². The summed E-state index contributed by atoms with van der Waals surface area (Å²) in [5, 5.41) is 21.6. The van der Waals surface area contributed by atoms with Crippen molar-refractivity contribution < 1.29 is 19.7 Å². The number of halogens is 3. The van der Waals surface area contributed by atoms with Gasteiger partial charge in [-0.15, -0.1) is 0 Å². The summed E-state index contributed by atoms with van der Waals surface area (Å²) in [7, 11) is 0. The Morgan fingerprint density at radius 1 is 1.28 bits per heavy atom. The number of aromatic amines is 1. The molecule has 11 heteroatoms. The van der Waals surface area contributed by atoms with E-state index in [1.807, 2.05) is 0 Å². The molecule has 1 fully saturated rings. The van der Waals surface area contributed by atoms with Gasteiger partial charge in [0.25, 0.3) is 5.56 Å². The van der Waals surface area contributed by atoms with Crippen molar-refractivity contribution in [2.75, 3.05) is 6.61 Å². The third kappa shape index (κ3) is 5.00. The van der Waals surface area contributed by atoms with Gasteiger partial charge in [0.1, 0.15) is 18.3 Å². The fourth-order valence-electron chi connectivity index (χ4n) is 2.90. The number of nitrogens with one attached hydrogen (secondary N) is 1. The van der Waals surface area contributed by atoms with Crippen molar-refractivity contribution in [3.8, 4) is 0 Å². The van der Waals surface area contributed by atoms with Crippen LogP contribution in [0.5, 0.6) is 0 Å². The van der Waals surface area contributed by atoms with E-state index in [2.05, 4.69) is 20.9 Å². The lowest BCUT2D eigenvalue weighted by molar-refractivity contribution is -0.0711. The monoisotopic (exact) mass is 506 g/mol. The molecule has 0 radical (unpaired) electrons. The summed E-state index contributed by atoms with van der Waals surface area (Å²) in [6.45, 7) is 0.0854. The maximum absolute atomic E-state index is 12.1. The number of aliphatic hydroxyl groups is 2. The summed E-state index contributed by atoms with van der Waals surface area (Å²) in [6, 6.07) is 4.98. The molecule has 29 heavy (non-hydrogen) atoms. The van der Waals surface area contributed by atoms with Crippen molar-refractivity contribution in [1.29, 1.82) is 0 Å². The summed E-state index contributed by atoms with van der Waals surface area (Å²) in [4.78, 5) is 27.5. The molecule has 0 aliphatic carbocycles. The first-order valence-corrected chi connectivity index (χ1v) is 10.1. The molecular weight excluding hydrogens is 491 g/mol. The molecular formula is C18H17BrCl2N2O6. The maximum Gasteiger partial charge on any atom is 0.330 e. The first-order valence-electron chi connectivity index (χ1n) is 8.47. The Labute approximate surface area is 183 Å². The largest absolute Gasteiger partial charge is 0.387 e. The minimum Gasteiger partial charge on any atom is -0.387 e. The Morgan fingerprint density at radius 3 is 2.72 bits per heavy atom. The average Bonchev–Trinajstić information content (AvgIpc) is 2.94. The van der Waals surface area contributed by atoms with Crippen molar-refractivity contribution in [2.45, 2.75) is 31.1 Å². The van der Waals surface area contributed by atoms with Crippen LogP contribution >= 0.6 is 39.1 Å². The zero-order valence-corrected chi connectivity index (χ0v) is 17.9. The second kappa shape index (κ2) is 9.57. The Kier molecular flexibility index (Phi) is 7.33. The number of ether oxygens (including phenoxy) is 2. The van der Waals surface area contributed by atoms with Gasteiger partial charge in [0, 0.05) is 16.2 Å². The molecule has 0 bridgehead atoms. The zero-order valence-electron chi connectivity index (χ0n) is 14.8. The quantitative estimate of drug-likeness (QED) is 0.551. The number of aliphatic hydroxyl groups excluding tert-OH is 2.